The van der Waals surface area contributed by atoms with Crippen molar-refractivity contribution in [3.05, 3.63) is 72.6 Å². The number of nitrogens with zero attached hydrogens (tertiary/aromatic N) is 2. The van der Waals surface area contributed by atoms with Crippen LogP contribution in [0.3, 0.4) is 0 Å². The van der Waals surface area contributed by atoms with Crippen LogP contribution in [0.25, 0.3) is 11.1 Å². The molecule has 5 rings (SSSR count). The standard InChI is InChI=1S/C25H27N3O3/c29-25-17-24(22-6-1-2-7-23(22)26-25)31-21-5-3-4-19(16-21)20-8-9-28(18-20)11-10-27-12-14-30-15-13-27/h1-9,16,18,24H,10-15,17H2,(H,26,29). The Hall–Kier alpha value is -3.09. The van der Waals surface area contributed by atoms with E-state index in [-0.39, 0.29) is 12.0 Å². The second-order valence-corrected chi connectivity index (χ2v) is 8.07. The Morgan fingerprint density at radius 3 is 2.77 bits per heavy atom. The zero-order valence-electron chi connectivity index (χ0n) is 17.5. The van der Waals surface area contributed by atoms with Crippen molar-refractivity contribution in [2.75, 3.05) is 38.2 Å². The van der Waals surface area contributed by atoms with Crippen molar-refractivity contribution in [1.82, 2.24) is 9.47 Å². The number of fused-ring (bicyclic) bond motifs is 1. The van der Waals surface area contributed by atoms with Crippen LogP contribution in [0.1, 0.15) is 18.1 Å². The van der Waals surface area contributed by atoms with Gasteiger partial charge in [-0.2, -0.15) is 0 Å². The second kappa shape index (κ2) is 8.96. The largest absolute Gasteiger partial charge is 0.485 e. The van der Waals surface area contributed by atoms with E-state index in [1.165, 1.54) is 0 Å². The number of hydrogen-bond acceptors (Lipinski definition) is 4. The fraction of sp³-hybridized carbons (Fsp3) is 0.320. The summed E-state index contributed by atoms with van der Waals surface area (Å²) in [4.78, 5) is 14.5. The average molecular weight is 418 g/mol. The molecule has 6 heteroatoms. The summed E-state index contributed by atoms with van der Waals surface area (Å²) in [5, 5.41) is 2.92. The third-order valence-corrected chi connectivity index (χ3v) is 5.93. The van der Waals surface area contributed by atoms with Crippen LogP contribution in [-0.4, -0.2) is 48.2 Å². The van der Waals surface area contributed by atoms with Crippen LogP contribution < -0.4 is 10.1 Å². The summed E-state index contributed by atoms with van der Waals surface area (Å²) in [6.07, 6.45) is 4.35. The first-order valence-corrected chi connectivity index (χ1v) is 10.9. The molecule has 1 amide bonds. The van der Waals surface area contributed by atoms with Gasteiger partial charge in [0.05, 0.1) is 19.6 Å². The molecule has 2 aromatic carbocycles. The average Bonchev–Trinajstić information content (AvgIpc) is 3.28. The highest BCUT2D eigenvalue weighted by atomic mass is 16.5. The number of hydrogen-bond donors (Lipinski definition) is 1. The lowest BCUT2D eigenvalue weighted by Crippen LogP contribution is -2.38. The van der Waals surface area contributed by atoms with Crippen molar-refractivity contribution in [3.63, 3.8) is 0 Å². The van der Waals surface area contributed by atoms with E-state index in [9.17, 15) is 4.79 Å². The molecule has 1 fully saturated rings. The molecule has 31 heavy (non-hydrogen) atoms. The molecule has 0 spiro atoms. The van der Waals surface area contributed by atoms with Gasteiger partial charge in [-0.25, -0.2) is 0 Å². The van der Waals surface area contributed by atoms with Gasteiger partial charge in [-0.15, -0.1) is 0 Å². The molecule has 0 saturated carbocycles. The summed E-state index contributed by atoms with van der Waals surface area (Å²) in [6, 6.07) is 18.1. The van der Waals surface area contributed by atoms with Gasteiger partial charge in [-0.3, -0.25) is 9.69 Å². The van der Waals surface area contributed by atoms with Crippen molar-refractivity contribution in [2.24, 2.45) is 0 Å². The maximum absolute atomic E-state index is 12.1. The lowest BCUT2D eigenvalue weighted by molar-refractivity contribution is -0.118. The fourth-order valence-electron chi connectivity index (χ4n) is 4.22. The van der Waals surface area contributed by atoms with Crippen molar-refractivity contribution >= 4 is 11.6 Å². The lowest BCUT2D eigenvalue weighted by atomic mass is 10.00. The van der Waals surface area contributed by atoms with E-state index in [1.807, 2.05) is 36.4 Å². The zero-order valence-corrected chi connectivity index (χ0v) is 17.5. The van der Waals surface area contributed by atoms with Gasteiger partial charge in [-0.1, -0.05) is 30.3 Å². The molecular formula is C25H27N3O3. The van der Waals surface area contributed by atoms with Crippen molar-refractivity contribution in [2.45, 2.75) is 19.1 Å². The summed E-state index contributed by atoms with van der Waals surface area (Å²) in [6.45, 7) is 5.67. The van der Waals surface area contributed by atoms with Crippen LogP contribution in [0, 0.1) is 0 Å². The summed E-state index contributed by atoms with van der Waals surface area (Å²) in [5.74, 6) is 0.755. The van der Waals surface area contributed by atoms with Crippen molar-refractivity contribution < 1.29 is 14.3 Å². The predicted octanol–water partition coefficient (Wildman–Crippen LogP) is 3.95. The molecule has 1 saturated heterocycles. The Bertz CT molecular complexity index is 1060. The number of anilines is 1. The van der Waals surface area contributed by atoms with E-state index in [4.69, 9.17) is 9.47 Å². The first-order valence-electron chi connectivity index (χ1n) is 10.9. The molecule has 2 aliphatic rings. The smallest absolute Gasteiger partial charge is 0.228 e. The number of benzene rings is 2. The maximum atomic E-state index is 12.1. The predicted molar refractivity (Wildman–Crippen MR) is 120 cm³/mol. The third kappa shape index (κ3) is 4.65. The number of carbonyl (C=O) groups excluding carboxylic acids is 1. The Balaban J connectivity index is 1.28. The van der Waals surface area contributed by atoms with Gasteiger partial charge in [0.15, 0.2) is 0 Å². The highest BCUT2D eigenvalue weighted by Gasteiger charge is 2.26. The first kappa shape index (κ1) is 19.8. The molecule has 1 unspecified atom stereocenters. The second-order valence-electron chi connectivity index (χ2n) is 8.07. The van der Waals surface area contributed by atoms with Crippen molar-refractivity contribution in [3.8, 4) is 16.9 Å². The summed E-state index contributed by atoms with van der Waals surface area (Å²) in [5.41, 5.74) is 4.12. The molecule has 1 aromatic heterocycles. The van der Waals surface area contributed by atoms with E-state index < -0.39 is 0 Å². The number of amides is 1. The van der Waals surface area contributed by atoms with E-state index in [0.29, 0.717) is 6.42 Å². The van der Waals surface area contributed by atoms with Gasteiger partial charge in [-0.05, 0) is 35.4 Å². The molecule has 0 radical (unpaired) electrons. The van der Waals surface area contributed by atoms with Gasteiger partial charge < -0.3 is 19.4 Å². The molecule has 0 aliphatic carbocycles. The maximum Gasteiger partial charge on any atom is 0.228 e. The number of aromatic nitrogens is 1. The van der Waals surface area contributed by atoms with Gasteiger partial charge in [0.1, 0.15) is 11.9 Å². The molecule has 0 bridgehead atoms. The zero-order chi connectivity index (χ0) is 21.0. The molecule has 1 N–H and O–H groups in total. The monoisotopic (exact) mass is 417 g/mol. The van der Waals surface area contributed by atoms with Gasteiger partial charge >= 0.3 is 0 Å². The Labute approximate surface area is 182 Å². The minimum absolute atomic E-state index is 0.0165. The van der Waals surface area contributed by atoms with Gasteiger partial charge in [0.2, 0.25) is 5.91 Å². The Morgan fingerprint density at radius 2 is 1.87 bits per heavy atom. The van der Waals surface area contributed by atoms with Crippen LogP contribution in [0.5, 0.6) is 5.75 Å². The van der Waals surface area contributed by atoms with Crippen molar-refractivity contribution in [1.29, 1.82) is 0 Å². The molecule has 1 atom stereocenters. The SMILES string of the molecule is O=C1CC(Oc2cccc(-c3ccn(CCN4CCOCC4)c3)c2)c2ccccc2N1. The fourth-order valence-corrected chi connectivity index (χ4v) is 4.22. The highest BCUT2D eigenvalue weighted by molar-refractivity contribution is 5.94. The number of para-hydroxylation sites is 1. The molecule has 3 heterocycles. The molecule has 160 valence electrons. The highest BCUT2D eigenvalue weighted by Crippen LogP contribution is 2.35. The first-order chi connectivity index (χ1) is 15.2. The number of ether oxygens (including phenoxy) is 2. The lowest BCUT2D eigenvalue weighted by Gasteiger charge is -2.26. The van der Waals surface area contributed by atoms with E-state index in [1.54, 1.807) is 0 Å². The Morgan fingerprint density at radius 1 is 1.00 bits per heavy atom. The number of morpholine rings is 1. The van der Waals surface area contributed by atoms with Gasteiger partial charge in [0.25, 0.3) is 0 Å². The van der Waals surface area contributed by atoms with Crippen LogP contribution in [0.4, 0.5) is 5.69 Å². The van der Waals surface area contributed by atoms with Gasteiger partial charge in [0, 0.05) is 49.8 Å². The van der Waals surface area contributed by atoms with Crippen LogP contribution in [0.2, 0.25) is 0 Å². The minimum Gasteiger partial charge on any atom is -0.485 e. The summed E-state index contributed by atoms with van der Waals surface area (Å²) in [7, 11) is 0. The molecule has 2 aliphatic heterocycles. The summed E-state index contributed by atoms with van der Waals surface area (Å²) < 4.78 is 13.9. The van der Waals surface area contributed by atoms with E-state index in [2.05, 4.69) is 45.4 Å². The number of carbonyl (C=O) groups is 1. The molecule has 3 aromatic rings. The van der Waals surface area contributed by atoms with E-state index in [0.717, 1.165) is 67.5 Å². The number of rotatable bonds is 6. The van der Waals surface area contributed by atoms with E-state index >= 15 is 0 Å². The Kier molecular flexibility index (Phi) is 5.74. The quantitative estimate of drug-likeness (QED) is 0.660. The van der Waals surface area contributed by atoms with Crippen LogP contribution >= 0.6 is 0 Å². The minimum atomic E-state index is -0.279. The third-order valence-electron chi connectivity index (χ3n) is 5.93. The van der Waals surface area contributed by atoms with Crippen LogP contribution in [-0.2, 0) is 16.1 Å². The van der Waals surface area contributed by atoms with Crippen LogP contribution in [0.15, 0.2) is 67.0 Å². The molecule has 6 nitrogen and oxygen atoms in total. The molecular weight excluding hydrogens is 390 g/mol. The summed E-state index contributed by atoms with van der Waals surface area (Å²) >= 11 is 0. The topological polar surface area (TPSA) is 55.7 Å². The number of nitrogens with one attached hydrogen (secondary N) is 1. The normalized spacial score (nSPS) is 19.0.